The van der Waals surface area contributed by atoms with Gasteiger partial charge >= 0.3 is 17.9 Å². The number of carbonyl (C=O) groups is 3. The maximum atomic E-state index is 12.9. The molecule has 0 bridgehead atoms. The van der Waals surface area contributed by atoms with Gasteiger partial charge in [-0.3, -0.25) is 14.4 Å². The van der Waals surface area contributed by atoms with Crippen LogP contribution in [0.2, 0.25) is 0 Å². The average Bonchev–Trinajstić information content (AvgIpc) is 3.35. The van der Waals surface area contributed by atoms with Crippen LogP contribution < -0.4 is 0 Å². The van der Waals surface area contributed by atoms with Gasteiger partial charge in [0.15, 0.2) is 6.10 Å². The number of rotatable bonds is 53. The van der Waals surface area contributed by atoms with Gasteiger partial charge in [-0.2, -0.15) is 0 Å². The van der Waals surface area contributed by atoms with Gasteiger partial charge < -0.3 is 14.2 Å². The molecule has 0 saturated heterocycles. The summed E-state index contributed by atoms with van der Waals surface area (Å²) < 4.78 is 16.9. The third kappa shape index (κ3) is 55.6. The molecule has 69 heavy (non-hydrogen) atoms. The van der Waals surface area contributed by atoms with Crippen LogP contribution >= 0.6 is 0 Å². The van der Waals surface area contributed by atoms with E-state index in [1.54, 1.807) is 0 Å². The van der Waals surface area contributed by atoms with Gasteiger partial charge in [0.1, 0.15) is 13.2 Å². The highest BCUT2D eigenvalue weighted by Crippen LogP contribution is 2.15. The highest BCUT2D eigenvalue weighted by Gasteiger charge is 2.19. The quantitative estimate of drug-likeness (QED) is 0.0262. The number of hydrogen-bond donors (Lipinski definition) is 0. The Kier molecular flexibility index (Phi) is 54.8. The molecule has 0 aromatic heterocycles. The summed E-state index contributed by atoms with van der Waals surface area (Å²) in [5, 5.41) is 0. The molecular weight excluding hydrogens is 853 g/mol. The highest BCUT2D eigenvalue weighted by molar-refractivity contribution is 5.71. The van der Waals surface area contributed by atoms with E-state index in [-0.39, 0.29) is 31.1 Å². The van der Waals surface area contributed by atoms with E-state index in [0.717, 1.165) is 103 Å². The monoisotopic (exact) mass is 963 g/mol. The number of carbonyl (C=O) groups excluding carboxylic acids is 3. The van der Waals surface area contributed by atoms with Gasteiger partial charge in [0.25, 0.3) is 0 Å². The lowest BCUT2D eigenvalue weighted by molar-refractivity contribution is -0.167. The molecule has 0 unspecified atom stereocenters. The van der Waals surface area contributed by atoms with Gasteiger partial charge in [-0.1, -0.05) is 229 Å². The van der Waals surface area contributed by atoms with Crippen molar-refractivity contribution in [2.45, 2.75) is 297 Å². The van der Waals surface area contributed by atoms with Crippen molar-refractivity contribution < 1.29 is 28.6 Å². The summed E-state index contributed by atoms with van der Waals surface area (Å²) in [6, 6.07) is 0. The number of esters is 3. The third-order valence-corrected chi connectivity index (χ3v) is 12.7. The van der Waals surface area contributed by atoms with Crippen molar-refractivity contribution in [3.63, 3.8) is 0 Å². The molecule has 1 atom stereocenters. The molecular formula is C63H110O6. The second-order valence-electron chi connectivity index (χ2n) is 19.5. The van der Waals surface area contributed by atoms with Crippen molar-refractivity contribution in [2.24, 2.45) is 0 Å². The van der Waals surface area contributed by atoms with Crippen LogP contribution in [0, 0.1) is 0 Å². The van der Waals surface area contributed by atoms with Crippen molar-refractivity contribution in [3.05, 3.63) is 72.9 Å². The fraction of sp³-hybridized carbons (Fsp3) is 0.762. The van der Waals surface area contributed by atoms with Crippen molar-refractivity contribution in [1.29, 1.82) is 0 Å². The van der Waals surface area contributed by atoms with E-state index in [4.69, 9.17) is 14.2 Å². The van der Waals surface area contributed by atoms with Crippen molar-refractivity contribution in [2.75, 3.05) is 13.2 Å². The SMILES string of the molecule is CCCCC/C=C\C/C=C\C/C=C\CCCCCCC(=O)OC[C@H](COC(=O)CCCCCCC/C=C\C/C=C\CCCCC)OC(=O)CCCCCCCCCCC/C=C\CCCCCCCC. The zero-order valence-electron chi connectivity index (χ0n) is 45.6. The minimum absolute atomic E-state index is 0.0902. The Hall–Kier alpha value is -3.15. The zero-order valence-corrected chi connectivity index (χ0v) is 45.6. The maximum Gasteiger partial charge on any atom is 0.306 e. The molecule has 0 heterocycles. The van der Waals surface area contributed by atoms with E-state index < -0.39 is 6.10 Å². The predicted octanol–water partition coefficient (Wildman–Crippen LogP) is 19.8. The van der Waals surface area contributed by atoms with Crippen LogP contribution in [0.25, 0.3) is 0 Å². The molecule has 0 rings (SSSR count). The van der Waals surface area contributed by atoms with E-state index in [1.165, 1.54) is 148 Å². The Morgan fingerprint density at radius 1 is 0.290 bits per heavy atom. The van der Waals surface area contributed by atoms with Crippen LogP contribution in [-0.2, 0) is 28.6 Å². The topological polar surface area (TPSA) is 78.9 Å². The third-order valence-electron chi connectivity index (χ3n) is 12.7. The summed E-state index contributed by atoms with van der Waals surface area (Å²) in [6.07, 6.45) is 73.1. The molecule has 0 aliphatic carbocycles. The Morgan fingerprint density at radius 2 is 0.522 bits per heavy atom. The summed E-state index contributed by atoms with van der Waals surface area (Å²) in [5.74, 6) is -0.918. The molecule has 0 aromatic carbocycles. The minimum atomic E-state index is -0.792. The molecule has 0 saturated carbocycles. The predicted molar refractivity (Wildman–Crippen MR) is 298 cm³/mol. The van der Waals surface area contributed by atoms with E-state index in [9.17, 15) is 14.4 Å². The molecule has 0 radical (unpaired) electrons. The van der Waals surface area contributed by atoms with Crippen LogP contribution in [0.15, 0.2) is 72.9 Å². The van der Waals surface area contributed by atoms with Crippen LogP contribution in [0.4, 0.5) is 0 Å². The first-order valence-electron chi connectivity index (χ1n) is 29.4. The average molecular weight is 964 g/mol. The van der Waals surface area contributed by atoms with E-state index in [0.29, 0.717) is 19.3 Å². The van der Waals surface area contributed by atoms with Gasteiger partial charge in [-0.25, -0.2) is 0 Å². The summed E-state index contributed by atoms with van der Waals surface area (Å²) in [7, 11) is 0. The Morgan fingerprint density at radius 3 is 0.855 bits per heavy atom. The lowest BCUT2D eigenvalue weighted by atomic mass is 10.1. The molecule has 398 valence electrons. The summed E-state index contributed by atoms with van der Waals surface area (Å²) in [6.45, 7) is 6.57. The van der Waals surface area contributed by atoms with Gasteiger partial charge in [-0.15, -0.1) is 0 Å². The molecule has 6 nitrogen and oxygen atoms in total. The summed E-state index contributed by atoms with van der Waals surface area (Å²) in [5.41, 5.74) is 0. The summed E-state index contributed by atoms with van der Waals surface area (Å²) >= 11 is 0. The molecule has 6 heteroatoms. The first-order chi connectivity index (χ1) is 34.0. The zero-order chi connectivity index (χ0) is 50.0. The molecule has 0 aliphatic heterocycles. The van der Waals surface area contributed by atoms with Gasteiger partial charge in [0, 0.05) is 19.3 Å². The second-order valence-corrected chi connectivity index (χ2v) is 19.5. The lowest BCUT2D eigenvalue weighted by Crippen LogP contribution is -2.30. The number of unbranched alkanes of at least 4 members (excludes halogenated alkanes) is 30. The normalized spacial score (nSPS) is 12.6. The smallest absolute Gasteiger partial charge is 0.306 e. The number of allylic oxidation sites excluding steroid dienone is 12. The van der Waals surface area contributed by atoms with Crippen molar-refractivity contribution in [1.82, 2.24) is 0 Å². The number of hydrogen-bond acceptors (Lipinski definition) is 6. The Balaban J connectivity index is 4.43. The van der Waals surface area contributed by atoms with Crippen molar-refractivity contribution in [3.8, 4) is 0 Å². The van der Waals surface area contributed by atoms with Gasteiger partial charge in [-0.05, 0) is 116 Å². The first kappa shape index (κ1) is 65.8. The van der Waals surface area contributed by atoms with E-state index in [2.05, 4.69) is 93.7 Å². The maximum absolute atomic E-state index is 12.9. The van der Waals surface area contributed by atoms with Crippen molar-refractivity contribution >= 4 is 17.9 Å². The van der Waals surface area contributed by atoms with E-state index in [1.807, 2.05) is 0 Å². The minimum Gasteiger partial charge on any atom is -0.462 e. The Labute approximate surface area is 427 Å². The van der Waals surface area contributed by atoms with E-state index >= 15 is 0 Å². The largest absolute Gasteiger partial charge is 0.462 e. The standard InChI is InChI=1S/C63H110O6/c1-4-7-10-13-16-19-22-25-28-30-31-33-36-39-42-45-48-51-54-57-63(66)69-60(58-67-61(64)55-52-49-46-43-40-37-34-27-24-21-18-15-12-9-6-3)59-68-62(65)56-53-50-47-44-41-38-35-32-29-26-23-20-17-14-11-8-5-2/h17-18,20-21,25-29,34-35,38,60H,4-16,19,22-24,30-33,36-37,39-59H2,1-3H3/b20-17-,21-18-,28-25-,29-26-,34-27-,38-35-/t60-/m0/s1. The molecule has 0 N–H and O–H groups in total. The lowest BCUT2D eigenvalue weighted by Gasteiger charge is -2.18. The van der Waals surface area contributed by atoms with Crippen LogP contribution in [-0.4, -0.2) is 37.2 Å². The molecule has 0 fully saturated rings. The molecule has 0 aliphatic rings. The van der Waals surface area contributed by atoms with Gasteiger partial charge in [0.05, 0.1) is 0 Å². The molecule has 0 amide bonds. The van der Waals surface area contributed by atoms with Gasteiger partial charge in [0.2, 0.25) is 0 Å². The van der Waals surface area contributed by atoms with Crippen LogP contribution in [0.3, 0.4) is 0 Å². The molecule has 0 aromatic rings. The number of ether oxygens (including phenoxy) is 3. The van der Waals surface area contributed by atoms with Crippen LogP contribution in [0.5, 0.6) is 0 Å². The fourth-order valence-electron chi connectivity index (χ4n) is 8.18. The summed E-state index contributed by atoms with van der Waals surface area (Å²) in [4.78, 5) is 38.2. The first-order valence-corrected chi connectivity index (χ1v) is 29.4. The highest BCUT2D eigenvalue weighted by atomic mass is 16.6. The van der Waals surface area contributed by atoms with Crippen LogP contribution in [0.1, 0.15) is 290 Å². The molecule has 0 spiro atoms. The second kappa shape index (κ2) is 57.4. The Bertz CT molecular complexity index is 1290. The fourth-order valence-corrected chi connectivity index (χ4v) is 8.18.